The zero-order valence-electron chi connectivity index (χ0n) is 13.2. The fourth-order valence-electron chi connectivity index (χ4n) is 3.67. The summed E-state index contributed by atoms with van der Waals surface area (Å²) in [6.45, 7) is 4.21. The van der Waals surface area contributed by atoms with E-state index in [1.54, 1.807) is 0 Å². The van der Waals surface area contributed by atoms with E-state index in [9.17, 15) is 0 Å². The highest BCUT2D eigenvalue weighted by Crippen LogP contribution is 2.43. The maximum atomic E-state index is 6.18. The van der Waals surface area contributed by atoms with Crippen LogP contribution in [0.1, 0.15) is 44.2 Å². The van der Waals surface area contributed by atoms with Crippen molar-refractivity contribution in [3.8, 4) is 0 Å². The van der Waals surface area contributed by atoms with E-state index in [0.717, 1.165) is 19.6 Å². The predicted octanol–water partition coefficient (Wildman–Crippen LogP) is 2.76. The number of ether oxygens (including phenoxy) is 1. The number of rotatable bonds is 5. The minimum Gasteiger partial charge on any atom is -0.374 e. The van der Waals surface area contributed by atoms with Crippen molar-refractivity contribution in [3.63, 3.8) is 0 Å². The summed E-state index contributed by atoms with van der Waals surface area (Å²) in [6, 6.07) is 0.421. The molecule has 118 valence electrons. The average molecular weight is 309 g/mol. The van der Waals surface area contributed by atoms with Gasteiger partial charge in [0.1, 0.15) is 0 Å². The molecule has 2 fully saturated rings. The van der Waals surface area contributed by atoms with Gasteiger partial charge < -0.3 is 10.1 Å². The summed E-state index contributed by atoms with van der Waals surface area (Å²) in [4.78, 5) is 0. The Labute approximate surface area is 132 Å². The van der Waals surface area contributed by atoms with E-state index in [1.807, 2.05) is 29.7 Å². The van der Waals surface area contributed by atoms with Crippen LogP contribution in [-0.2, 0) is 11.8 Å². The van der Waals surface area contributed by atoms with Crippen LogP contribution in [0.25, 0.3) is 0 Å². The molecule has 0 saturated carbocycles. The third-order valence-corrected chi connectivity index (χ3v) is 5.99. The first-order chi connectivity index (χ1) is 10.2. The summed E-state index contributed by atoms with van der Waals surface area (Å²) < 4.78 is 8.10. The highest BCUT2D eigenvalue weighted by Gasteiger charge is 2.42. The average Bonchev–Trinajstić information content (AvgIpc) is 3.10. The lowest BCUT2D eigenvalue weighted by Gasteiger charge is -2.41. The lowest BCUT2D eigenvalue weighted by atomic mass is 9.79. The lowest BCUT2D eigenvalue weighted by Crippen LogP contribution is -2.43. The largest absolute Gasteiger partial charge is 0.374 e. The Morgan fingerprint density at radius 2 is 2.52 bits per heavy atom. The van der Waals surface area contributed by atoms with Crippen LogP contribution in [-0.4, -0.2) is 40.0 Å². The SMILES string of the molecule is CCCNC(c1cnn(C)c1)C1CCOC2(CCSC2)C1. The fourth-order valence-corrected chi connectivity index (χ4v) is 5.05. The molecule has 0 radical (unpaired) electrons. The molecule has 1 aromatic heterocycles. The summed E-state index contributed by atoms with van der Waals surface area (Å²) in [5.41, 5.74) is 1.49. The predicted molar refractivity (Wildman–Crippen MR) is 87.6 cm³/mol. The number of nitrogens with zero attached hydrogens (tertiary/aromatic N) is 2. The van der Waals surface area contributed by atoms with Gasteiger partial charge in [-0.15, -0.1) is 0 Å². The van der Waals surface area contributed by atoms with E-state index in [-0.39, 0.29) is 5.60 Å². The van der Waals surface area contributed by atoms with Crippen LogP contribution in [0.3, 0.4) is 0 Å². The van der Waals surface area contributed by atoms with Crippen LogP contribution in [0.5, 0.6) is 0 Å². The molecule has 0 amide bonds. The van der Waals surface area contributed by atoms with Gasteiger partial charge >= 0.3 is 0 Å². The van der Waals surface area contributed by atoms with E-state index >= 15 is 0 Å². The first-order valence-electron chi connectivity index (χ1n) is 8.16. The molecule has 21 heavy (non-hydrogen) atoms. The maximum Gasteiger partial charge on any atom is 0.0783 e. The molecular weight excluding hydrogens is 282 g/mol. The lowest BCUT2D eigenvalue weighted by molar-refractivity contribution is -0.0854. The Bertz CT molecular complexity index is 456. The summed E-state index contributed by atoms with van der Waals surface area (Å²) >= 11 is 2.05. The topological polar surface area (TPSA) is 39.1 Å². The van der Waals surface area contributed by atoms with Gasteiger partial charge in [-0.05, 0) is 43.9 Å². The van der Waals surface area contributed by atoms with E-state index in [1.165, 1.54) is 36.3 Å². The molecule has 1 aromatic rings. The third kappa shape index (κ3) is 3.46. The maximum absolute atomic E-state index is 6.18. The highest BCUT2D eigenvalue weighted by molar-refractivity contribution is 7.99. The Morgan fingerprint density at radius 3 is 3.19 bits per heavy atom. The van der Waals surface area contributed by atoms with Gasteiger partial charge in [-0.25, -0.2) is 0 Å². The molecular formula is C16H27N3OS. The third-order valence-electron chi connectivity index (χ3n) is 4.77. The second kappa shape index (κ2) is 6.71. The fraction of sp³-hybridized carbons (Fsp3) is 0.812. The van der Waals surface area contributed by atoms with Gasteiger partial charge in [0, 0.05) is 37.2 Å². The quantitative estimate of drug-likeness (QED) is 0.908. The van der Waals surface area contributed by atoms with Gasteiger partial charge in [0.05, 0.1) is 11.8 Å². The molecule has 2 saturated heterocycles. The van der Waals surface area contributed by atoms with Gasteiger partial charge in [-0.2, -0.15) is 16.9 Å². The van der Waals surface area contributed by atoms with Crippen LogP contribution in [0, 0.1) is 5.92 Å². The molecule has 4 nitrogen and oxygen atoms in total. The summed E-state index contributed by atoms with van der Waals surface area (Å²) in [5.74, 6) is 3.09. The first kappa shape index (κ1) is 15.4. The van der Waals surface area contributed by atoms with Gasteiger partial charge in [0.2, 0.25) is 0 Å². The first-order valence-corrected chi connectivity index (χ1v) is 9.31. The van der Waals surface area contributed by atoms with Crippen molar-refractivity contribution in [3.05, 3.63) is 18.0 Å². The smallest absolute Gasteiger partial charge is 0.0783 e. The minimum absolute atomic E-state index is 0.155. The van der Waals surface area contributed by atoms with Crippen molar-refractivity contribution in [2.75, 3.05) is 24.7 Å². The number of hydrogen-bond acceptors (Lipinski definition) is 4. The van der Waals surface area contributed by atoms with E-state index in [4.69, 9.17) is 4.74 Å². The monoisotopic (exact) mass is 309 g/mol. The number of aryl methyl sites for hydroxylation is 1. The Balaban J connectivity index is 1.75. The molecule has 1 spiro atoms. The molecule has 0 aromatic carbocycles. The second-order valence-electron chi connectivity index (χ2n) is 6.47. The zero-order valence-corrected chi connectivity index (χ0v) is 14.0. The van der Waals surface area contributed by atoms with E-state index in [0.29, 0.717) is 12.0 Å². The van der Waals surface area contributed by atoms with Crippen molar-refractivity contribution < 1.29 is 4.74 Å². The summed E-state index contributed by atoms with van der Waals surface area (Å²) in [7, 11) is 2.00. The van der Waals surface area contributed by atoms with Crippen molar-refractivity contribution in [2.45, 2.75) is 44.2 Å². The second-order valence-corrected chi connectivity index (χ2v) is 7.57. The van der Waals surface area contributed by atoms with Crippen molar-refractivity contribution in [2.24, 2.45) is 13.0 Å². The highest BCUT2D eigenvalue weighted by atomic mass is 32.2. The minimum atomic E-state index is 0.155. The van der Waals surface area contributed by atoms with E-state index in [2.05, 4.69) is 23.5 Å². The van der Waals surface area contributed by atoms with Crippen molar-refractivity contribution >= 4 is 11.8 Å². The number of nitrogens with one attached hydrogen (secondary N) is 1. The molecule has 3 unspecified atom stereocenters. The van der Waals surface area contributed by atoms with Crippen molar-refractivity contribution in [1.82, 2.24) is 15.1 Å². The molecule has 5 heteroatoms. The Hall–Kier alpha value is -0.520. The Kier molecular flexibility index (Phi) is 4.92. The molecule has 1 N–H and O–H groups in total. The molecule has 3 heterocycles. The van der Waals surface area contributed by atoms with Crippen molar-refractivity contribution in [1.29, 1.82) is 0 Å². The molecule has 0 bridgehead atoms. The van der Waals surface area contributed by atoms with Crippen LogP contribution in [0.2, 0.25) is 0 Å². The van der Waals surface area contributed by atoms with E-state index < -0.39 is 0 Å². The van der Waals surface area contributed by atoms with Crippen LogP contribution in [0.15, 0.2) is 12.4 Å². The Morgan fingerprint density at radius 1 is 1.62 bits per heavy atom. The van der Waals surface area contributed by atoms with Crippen LogP contribution < -0.4 is 5.32 Å². The normalized spacial score (nSPS) is 30.9. The van der Waals surface area contributed by atoms with Crippen LogP contribution >= 0.6 is 11.8 Å². The number of thioether (sulfide) groups is 1. The van der Waals surface area contributed by atoms with Gasteiger partial charge in [-0.1, -0.05) is 6.92 Å². The molecule has 2 aliphatic heterocycles. The number of hydrogen-bond donors (Lipinski definition) is 1. The molecule has 3 atom stereocenters. The molecule has 2 aliphatic rings. The summed E-state index contributed by atoms with van der Waals surface area (Å²) in [5, 5.41) is 8.13. The standard InChI is InChI=1S/C16H27N3OS/c1-3-6-17-15(14-10-18-19(2)11-14)13-4-7-20-16(9-13)5-8-21-12-16/h10-11,13,15,17H,3-9,12H2,1-2H3. The van der Waals surface area contributed by atoms with Gasteiger partial charge in [0.15, 0.2) is 0 Å². The van der Waals surface area contributed by atoms with Gasteiger partial charge in [0.25, 0.3) is 0 Å². The van der Waals surface area contributed by atoms with Gasteiger partial charge in [-0.3, -0.25) is 4.68 Å². The van der Waals surface area contributed by atoms with Crippen LogP contribution in [0.4, 0.5) is 0 Å². The zero-order chi connectivity index (χ0) is 14.7. The molecule has 3 rings (SSSR count). The molecule has 0 aliphatic carbocycles. The summed E-state index contributed by atoms with van der Waals surface area (Å²) in [6.07, 6.45) is 8.93. The number of aromatic nitrogens is 2.